The summed E-state index contributed by atoms with van der Waals surface area (Å²) in [6, 6.07) is 23.0. The average molecular weight is 482 g/mol. The third-order valence-electron chi connectivity index (χ3n) is 7.55. The van der Waals surface area contributed by atoms with Crippen molar-refractivity contribution >= 4 is 5.91 Å². The Bertz CT molecular complexity index is 1290. The molecule has 0 unspecified atom stereocenters. The van der Waals surface area contributed by atoms with Gasteiger partial charge in [-0.2, -0.15) is 0 Å². The van der Waals surface area contributed by atoms with Crippen molar-refractivity contribution in [2.45, 2.75) is 51.1 Å². The highest BCUT2D eigenvalue weighted by Gasteiger charge is 2.32. The number of nitrogens with zero attached hydrogens (tertiary/aromatic N) is 1. The number of likely N-dealkylation sites (tertiary alicyclic amines) is 1. The SMILES string of the molecule is O=C(C1=C[C@H](c2ccc3c(c2)Cc2ccccc2-3)C[C@H](OCc2ccc(CO)cc2)O1)N1CCCC1. The first-order chi connectivity index (χ1) is 17.7. The van der Waals surface area contributed by atoms with Gasteiger partial charge in [-0.15, -0.1) is 0 Å². The zero-order valence-electron chi connectivity index (χ0n) is 20.4. The van der Waals surface area contributed by atoms with Crippen LogP contribution in [0.3, 0.4) is 0 Å². The van der Waals surface area contributed by atoms with Crippen molar-refractivity contribution in [3.8, 4) is 11.1 Å². The number of benzene rings is 3. The molecule has 3 aromatic rings. The van der Waals surface area contributed by atoms with Gasteiger partial charge in [0.05, 0.1) is 13.2 Å². The Morgan fingerprint density at radius 1 is 0.944 bits per heavy atom. The van der Waals surface area contributed by atoms with Crippen LogP contribution in [0, 0.1) is 0 Å². The third-order valence-corrected chi connectivity index (χ3v) is 7.55. The quantitative estimate of drug-likeness (QED) is 0.406. The average Bonchev–Trinajstić information content (AvgIpc) is 3.59. The van der Waals surface area contributed by atoms with Gasteiger partial charge < -0.3 is 19.5 Å². The summed E-state index contributed by atoms with van der Waals surface area (Å²) in [5.74, 6) is 0.403. The lowest BCUT2D eigenvalue weighted by Gasteiger charge is -2.31. The van der Waals surface area contributed by atoms with E-state index in [0.717, 1.165) is 43.5 Å². The van der Waals surface area contributed by atoms with E-state index in [0.29, 0.717) is 18.8 Å². The number of amides is 1. The van der Waals surface area contributed by atoms with Crippen molar-refractivity contribution in [2.24, 2.45) is 0 Å². The number of aliphatic hydroxyl groups is 1. The van der Waals surface area contributed by atoms with Gasteiger partial charge >= 0.3 is 0 Å². The molecular weight excluding hydrogens is 450 g/mol. The summed E-state index contributed by atoms with van der Waals surface area (Å²) in [5, 5.41) is 9.29. The maximum Gasteiger partial charge on any atom is 0.288 e. The number of hydrogen-bond acceptors (Lipinski definition) is 4. The van der Waals surface area contributed by atoms with Crippen LogP contribution in [0.25, 0.3) is 11.1 Å². The van der Waals surface area contributed by atoms with Crippen molar-refractivity contribution in [3.05, 3.63) is 106 Å². The van der Waals surface area contributed by atoms with Crippen LogP contribution in [-0.4, -0.2) is 35.3 Å². The van der Waals surface area contributed by atoms with Gasteiger partial charge in [0.1, 0.15) is 0 Å². The van der Waals surface area contributed by atoms with E-state index in [-0.39, 0.29) is 18.4 Å². The summed E-state index contributed by atoms with van der Waals surface area (Å²) in [4.78, 5) is 15.1. The van der Waals surface area contributed by atoms with Gasteiger partial charge in [0, 0.05) is 25.4 Å². The summed E-state index contributed by atoms with van der Waals surface area (Å²) in [6.45, 7) is 1.97. The number of fused-ring (bicyclic) bond motifs is 3. The number of carbonyl (C=O) groups is 1. The Hall–Kier alpha value is -3.41. The molecule has 2 atom stereocenters. The second-order valence-corrected chi connectivity index (χ2v) is 9.96. The molecule has 1 amide bonds. The number of allylic oxidation sites excluding steroid dienone is 1. The summed E-state index contributed by atoms with van der Waals surface area (Å²) in [7, 11) is 0. The largest absolute Gasteiger partial charge is 0.459 e. The molecule has 0 aromatic heterocycles. The van der Waals surface area contributed by atoms with Crippen LogP contribution in [0.4, 0.5) is 0 Å². The number of ether oxygens (including phenoxy) is 2. The Labute approximate surface area is 212 Å². The molecule has 0 bridgehead atoms. The minimum atomic E-state index is -0.510. The predicted octanol–water partition coefficient (Wildman–Crippen LogP) is 5.30. The van der Waals surface area contributed by atoms with Crippen molar-refractivity contribution in [3.63, 3.8) is 0 Å². The Morgan fingerprint density at radius 2 is 1.69 bits per heavy atom. The number of aliphatic hydroxyl groups excluding tert-OH is 1. The topological polar surface area (TPSA) is 59.0 Å². The van der Waals surface area contributed by atoms with Crippen LogP contribution in [0.1, 0.15) is 53.0 Å². The van der Waals surface area contributed by atoms with E-state index in [1.807, 2.05) is 35.2 Å². The van der Waals surface area contributed by atoms with Crippen molar-refractivity contribution in [1.29, 1.82) is 0 Å². The van der Waals surface area contributed by atoms with Gasteiger partial charge in [-0.05, 0) is 64.3 Å². The molecule has 36 heavy (non-hydrogen) atoms. The molecule has 1 fully saturated rings. The number of carbonyl (C=O) groups excluding carboxylic acids is 1. The third kappa shape index (κ3) is 4.57. The fraction of sp³-hybridized carbons (Fsp3) is 0.323. The molecule has 1 saturated heterocycles. The zero-order valence-corrected chi connectivity index (χ0v) is 20.4. The van der Waals surface area contributed by atoms with Gasteiger partial charge in [0.2, 0.25) is 6.29 Å². The molecule has 3 aromatic carbocycles. The summed E-state index contributed by atoms with van der Waals surface area (Å²) >= 11 is 0. The van der Waals surface area contributed by atoms with Crippen LogP contribution < -0.4 is 0 Å². The highest BCUT2D eigenvalue weighted by atomic mass is 16.7. The molecule has 3 aliphatic rings. The van der Waals surface area contributed by atoms with Gasteiger partial charge in [-0.25, -0.2) is 0 Å². The molecule has 1 N–H and O–H groups in total. The van der Waals surface area contributed by atoms with E-state index in [2.05, 4.69) is 42.5 Å². The first-order valence-corrected chi connectivity index (χ1v) is 12.9. The second-order valence-electron chi connectivity index (χ2n) is 9.96. The van der Waals surface area contributed by atoms with Crippen LogP contribution in [0.15, 0.2) is 78.6 Å². The fourth-order valence-electron chi connectivity index (χ4n) is 5.54. The lowest BCUT2D eigenvalue weighted by molar-refractivity contribution is -0.155. The van der Waals surface area contributed by atoms with Gasteiger partial charge in [0.25, 0.3) is 5.91 Å². The molecule has 2 heterocycles. The predicted molar refractivity (Wildman–Crippen MR) is 138 cm³/mol. The minimum Gasteiger partial charge on any atom is -0.459 e. The first-order valence-electron chi connectivity index (χ1n) is 12.9. The molecule has 5 heteroatoms. The van der Waals surface area contributed by atoms with E-state index in [9.17, 15) is 9.90 Å². The van der Waals surface area contributed by atoms with E-state index in [4.69, 9.17) is 9.47 Å². The van der Waals surface area contributed by atoms with E-state index in [1.54, 1.807) is 0 Å². The van der Waals surface area contributed by atoms with Crippen LogP contribution in [0.5, 0.6) is 0 Å². The van der Waals surface area contributed by atoms with Gasteiger partial charge in [0.15, 0.2) is 5.76 Å². The Kier molecular flexibility index (Phi) is 6.34. The number of hydrogen-bond donors (Lipinski definition) is 1. The zero-order chi connectivity index (χ0) is 24.5. The van der Waals surface area contributed by atoms with Crippen LogP contribution >= 0.6 is 0 Å². The Morgan fingerprint density at radius 3 is 2.50 bits per heavy atom. The molecular formula is C31H31NO4. The molecule has 184 valence electrons. The minimum absolute atomic E-state index is 0.0210. The maximum absolute atomic E-state index is 13.3. The van der Waals surface area contributed by atoms with Crippen LogP contribution in [0.2, 0.25) is 0 Å². The summed E-state index contributed by atoms with van der Waals surface area (Å²) in [6.07, 6.45) is 5.16. The standard InChI is InChI=1S/C31H31NO4/c33-19-21-7-9-22(10-8-21)20-35-30-18-25(17-29(36-30)31(34)32-13-3-4-14-32)23-11-12-28-26(15-23)16-24-5-1-2-6-27(24)28/h1-2,5-12,15,17,25,30,33H,3-4,13-14,16,18-20H2/t25-,30+/m0/s1. The van der Waals surface area contributed by atoms with E-state index >= 15 is 0 Å². The number of rotatable bonds is 6. The molecule has 2 aliphatic heterocycles. The lowest BCUT2D eigenvalue weighted by atomic mass is 9.90. The monoisotopic (exact) mass is 481 g/mol. The first kappa shape index (κ1) is 23.0. The molecule has 0 spiro atoms. The highest BCUT2D eigenvalue weighted by Crippen LogP contribution is 2.40. The second kappa shape index (κ2) is 9.92. The molecule has 0 radical (unpaired) electrons. The van der Waals surface area contributed by atoms with Crippen molar-refractivity contribution in [1.82, 2.24) is 4.90 Å². The fourth-order valence-corrected chi connectivity index (χ4v) is 5.54. The smallest absolute Gasteiger partial charge is 0.288 e. The summed E-state index contributed by atoms with van der Waals surface area (Å²) < 4.78 is 12.3. The van der Waals surface area contributed by atoms with Crippen LogP contribution in [-0.2, 0) is 33.9 Å². The van der Waals surface area contributed by atoms with E-state index in [1.165, 1.54) is 27.8 Å². The summed E-state index contributed by atoms with van der Waals surface area (Å²) in [5.41, 5.74) is 8.39. The van der Waals surface area contributed by atoms with E-state index < -0.39 is 6.29 Å². The molecule has 5 nitrogen and oxygen atoms in total. The molecule has 1 aliphatic carbocycles. The normalized spacial score (nSPS) is 20.5. The highest BCUT2D eigenvalue weighted by molar-refractivity contribution is 5.92. The molecule has 0 saturated carbocycles. The van der Waals surface area contributed by atoms with Crippen molar-refractivity contribution in [2.75, 3.05) is 13.1 Å². The van der Waals surface area contributed by atoms with Gasteiger partial charge in [-0.3, -0.25) is 4.79 Å². The molecule has 6 rings (SSSR count). The van der Waals surface area contributed by atoms with Crippen molar-refractivity contribution < 1.29 is 19.4 Å². The lowest BCUT2D eigenvalue weighted by Crippen LogP contribution is -2.34. The maximum atomic E-state index is 13.3. The van der Waals surface area contributed by atoms with Gasteiger partial charge in [-0.1, -0.05) is 66.7 Å². The Balaban J connectivity index is 1.24.